The molecule has 0 aliphatic heterocycles. The van der Waals surface area contributed by atoms with E-state index in [0.717, 1.165) is 5.56 Å². The molecule has 0 unspecified atom stereocenters. The molecular formula is C11H14F2N2O2S. The van der Waals surface area contributed by atoms with Gasteiger partial charge in [0, 0.05) is 18.3 Å². The van der Waals surface area contributed by atoms with Gasteiger partial charge in [-0.1, -0.05) is 12.1 Å². The predicted molar refractivity (Wildman–Crippen MR) is 64.9 cm³/mol. The van der Waals surface area contributed by atoms with E-state index < -0.39 is 15.8 Å². The van der Waals surface area contributed by atoms with Gasteiger partial charge in [0.2, 0.25) is 0 Å². The molecule has 1 aliphatic rings. The first-order chi connectivity index (χ1) is 8.47. The molecule has 4 nitrogen and oxygen atoms in total. The van der Waals surface area contributed by atoms with Crippen molar-refractivity contribution in [1.29, 1.82) is 0 Å². The van der Waals surface area contributed by atoms with Crippen LogP contribution in [0.4, 0.5) is 14.5 Å². The number of sulfonamides is 1. The second-order valence-electron chi connectivity index (χ2n) is 4.26. The van der Waals surface area contributed by atoms with Crippen LogP contribution in [0.2, 0.25) is 0 Å². The standard InChI is InChI=1S/C11H14F2N2O2S/c12-11(13)18(16,17)15-10-3-1-8(2-4-10)7-14-9-5-6-9/h1-4,9,11,14-15H,5-7H2. The molecule has 0 spiro atoms. The molecule has 1 aromatic carbocycles. The fraction of sp³-hybridized carbons (Fsp3) is 0.455. The summed E-state index contributed by atoms with van der Waals surface area (Å²) < 4.78 is 48.0. The molecule has 0 amide bonds. The Kier molecular flexibility index (Phi) is 3.82. The number of nitrogens with one attached hydrogen (secondary N) is 2. The quantitative estimate of drug-likeness (QED) is 0.834. The van der Waals surface area contributed by atoms with Gasteiger partial charge in [0.05, 0.1) is 0 Å². The number of alkyl halides is 2. The van der Waals surface area contributed by atoms with Gasteiger partial charge >= 0.3 is 5.76 Å². The number of hydrogen-bond donors (Lipinski definition) is 2. The lowest BCUT2D eigenvalue weighted by Crippen LogP contribution is -2.20. The fourth-order valence-corrected chi connectivity index (χ4v) is 2.00. The van der Waals surface area contributed by atoms with Crippen molar-refractivity contribution in [1.82, 2.24) is 5.32 Å². The van der Waals surface area contributed by atoms with Crippen LogP contribution in [0, 0.1) is 0 Å². The van der Waals surface area contributed by atoms with Crippen LogP contribution in [0.15, 0.2) is 24.3 Å². The summed E-state index contributed by atoms with van der Waals surface area (Å²) in [5.74, 6) is -3.42. The van der Waals surface area contributed by atoms with Gasteiger partial charge < -0.3 is 5.32 Å². The normalized spacial score (nSPS) is 15.9. The van der Waals surface area contributed by atoms with Crippen LogP contribution in [0.3, 0.4) is 0 Å². The summed E-state index contributed by atoms with van der Waals surface area (Å²) in [5, 5.41) is 3.30. The molecule has 7 heteroatoms. The third-order valence-electron chi connectivity index (χ3n) is 2.62. The molecule has 2 N–H and O–H groups in total. The number of rotatable bonds is 6. The van der Waals surface area contributed by atoms with E-state index in [1.165, 1.54) is 25.0 Å². The van der Waals surface area contributed by atoms with Gasteiger partial charge in [-0.05, 0) is 30.5 Å². The first kappa shape index (κ1) is 13.2. The van der Waals surface area contributed by atoms with E-state index in [9.17, 15) is 17.2 Å². The van der Waals surface area contributed by atoms with Gasteiger partial charge in [0.1, 0.15) is 0 Å². The monoisotopic (exact) mass is 276 g/mol. The summed E-state index contributed by atoms with van der Waals surface area (Å²) in [6.07, 6.45) is 2.37. The maximum absolute atomic E-state index is 12.1. The molecule has 0 radical (unpaired) electrons. The molecule has 18 heavy (non-hydrogen) atoms. The number of hydrogen-bond acceptors (Lipinski definition) is 3. The van der Waals surface area contributed by atoms with Crippen molar-refractivity contribution < 1.29 is 17.2 Å². The van der Waals surface area contributed by atoms with Crippen molar-refractivity contribution in [3.8, 4) is 0 Å². The highest BCUT2D eigenvalue weighted by Crippen LogP contribution is 2.20. The van der Waals surface area contributed by atoms with Crippen LogP contribution in [0.5, 0.6) is 0 Å². The first-order valence-electron chi connectivity index (χ1n) is 5.59. The van der Waals surface area contributed by atoms with E-state index in [-0.39, 0.29) is 5.69 Å². The maximum atomic E-state index is 12.1. The molecule has 0 atom stereocenters. The SMILES string of the molecule is O=S(=O)(Nc1ccc(CNC2CC2)cc1)C(F)F. The average Bonchev–Trinajstić information content (AvgIpc) is 3.11. The Morgan fingerprint density at radius 3 is 2.33 bits per heavy atom. The van der Waals surface area contributed by atoms with Crippen LogP contribution in [0.1, 0.15) is 18.4 Å². The summed E-state index contributed by atoms with van der Waals surface area (Å²) >= 11 is 0. The highest BCUT2D eigenvalue weighted by Gasteiger charge is 2.23. The van der Waals surface area contributed by atoms with Crippen LogP contribution in [-0.2, 0) is 16.6 Å². The topological polar surface area (TPSA) is 58.2 Å². The largest absolute Gasteiger partial charge is 0.355 e. The molecule has 2 rings (SSSR count). The predicted octanol–water partition coefficient (Wildman–Crippen LogP) is 1.90. The Hall–Kier alpha value is -1.21. The van der Waals surface area contributed by atoms with Crippen molar-refractivity contribution in [2.75, 3.05) is 4.72 Å². The van der Waals surface area contributed by atoms with Gasteiger partial charge in [-0.15, -0.1) is 0 Å². The van der Waals surface area contributed by atoms with E-state index in [2.05, 4.69) is 5.32 Å². The van der Waals surface area contributed by atoms with E-state index >= 15 is 0 Å². The molecular weight excluding hydrogens is 262 g/mol. The van der Waals surface area contributed by atoms with Gasteiger partial charge in [-0.25, -0.2) is 8.42 Å². The fourth-order valence-electron chi connectivity index (χ4n) is 1.45. The minimum absolute atomic E-state index is 0.144. The van der Waals surface area contributed by atoms with Gasteiger partial charge in [-0.2, -0.15) is 8.78 Å². The average molecular weight is 276 g/mol. The molecule has 1 saturated carbocycles. The second kappa shape index (κ2) is 5.19. The van der Waals surface area contributed by atoms with Gasteiger partial charge in [0.25, 0.3) is 10.0 Å². The Morgan fingerprint density at radius 2 is 1.83 bits per heavy atom. The lowest BCUT2D eigenvalue weighted by molar-refractivity contribution is 0.236. The zero-order valence-electron chi connectivity index (χ0n) is 9.57. The number of anilines is 1. The van der Waals surface area contributed by atoms with Crippen molar-refractivity contribution in [2.45, 2.75) is 31.2 Å². The zero-order chi connectivity index (χ0) is 13.2. The van der Waals surface area contributed by atoms with Crippen LogP contribution in [-0.4, -0.2) is 20.2 Å². The summed E-state index contributed by atoms with van der Waals surface area (Å²) in [7, 11) is -4.58. The molecule has 1 aliphatic carbocycles. The molecule has 0 bridgehead atoms. The lowest BCUT2D eigenvalue weighted by Gasteiger charge is -2.08. The van der Waals surface area contributed by atoms with Crippen LogP contribution in [0.25, 0.3) is 0 Å². The molecule has 100 valence electrons. The first-order valence-corrected chi connectivity index (χ1v) is 7.14. The Bertz CT molecular complexity index is 498. The highest BCUT2D eigenvalue weighted by atomic mass is 32.2. The smallest absolute Gasteiger partial charge is 0.310 e. The van der Waals surface area contributed by atoms with Gasteiger partial charge in [-0.3, -0.25) is 4.72 Å². The van der Waals surface area contributed by atoms with Crippen molar-refractivity contribution >= 4 is 15.7 Å². The second-order valence-corrected chi connectivity index (χ2v) is 5.91. The van der Waals surface area contributed by atoms with Crippen molar-refractivity contribution in [2.24, 2.45) is 0 Å². The van der Waals surface area contributed by atoms with Crippen molar-refractivity contribution in [3.63, 3.8) is 0 Å². The minimum Gasteiger partial charge on any atom is -0.310 e. The molecule has 0 saturated heterocycles. The van der Waals surface area contributed by atoms with E-state index in [0.29, 0.717) is 12.6 Å². The molecule has 1 fully saturated rings. The summed E-state index contributed by atoms with van der Waals surface area (Å²) in [6, 6.07) is 6.95. The summed E-state index contributed by atoms with van der Waals surface area (Å²) in [5.41, 5.74) is 1.13. The molecule has 0 aromatic heterocycles. The Labute approximate surface area is 104 Å². The van der Waals surface area contributed by atoms with Crippen molar-refractivity contribution in [3.05, 3.63) is 29.8 Å². The lowest BCUT2D eigenvalue weighted by atomic mass is 10.2. The van der Waals surface area contributed by atoms with Crippen LogP contribution >= 0.6 is 0 Å². The summed E-state index contributed by atoms with van der Waals surface area (Å²) in [4.78, 5) is 0. The van der Waals surface area contributed by atoms with E-state index in [1.54, 1.807) is 12.1 Å². The zero-order valence-corrected chi connectivity index (χ0v) is 10.4. The Morgan fingerprint density at radius 1 is 1.22 bits per heavy atom. The minimum atomic E-state index is -4.58. The molecule has 0 heterocycles. The third-order valence-corrected chi connectivity index (χ3v) is 3.61. The summed E-state index contributed by atoms with van der Waals surface area (Å²) in [6.45, 7) is 0.701. The van der Waals surface area contributed by atoms with Crippen LogP contribution < -0.4 is 10.0 Å². The van der Waals surface area contributed by atoms with Gasteiger partial charge in [0.15, 0.2) is 0 Å². The van der Waals surface area contributed by atoms with E-state index in [4.69, 9.17) is 0 Å². The number of halogens is 2. The third kappa shape index (κ3) is 3.64. The highest BCUT2D eigenvalue weighted by molar-refractivity contribution is 7.93. The maximum Gasteiger partial charge on any atom is 0.355 e. The van der Waals surface area contributed by atoms with E-state index in [1.807, 2.05) is 4.72 Å². The number of benzene rings is 1. The Balaban J connectivity index is 1.94. The molecule has 1 aromatic rings.